The van der Waals surface area contributed by atoms with Gasteiger partial charge in [-0.2, -0.15) is 0 Å². The summed E-state index contributed by atoms with van der Waals surface area (Å²) in [5, 5.41) is 9.36. The first kappa shape index (κ1) is 19.7. The maximum atomic E-state index is 9.36. The van der Waals surface area contributed by atoms with E-state index in [9.17, 15) is 9.90 Å². The molecule has 5 nitrogen and oxygen atoms in total. The summed E-state index contributed by atoms with van der Waals surface area (Å²) in [4.78, 5) is 9.36. The monoisotopic (exact) mass is 263 g/mol. The topological polar surface area (TPSA) is 58.6 Å². The lowest BCUT2D eigenvalue weighted by molar-refractivity contribution is -0.890. The van der Waals surface area contributed by atoms with Gasteiger partial charge in [0, 0.05) is 13.7 Å². The third kappa shape index (κ3) is 17.7. The quantitative estimate of drug-likeness (QED) is 0.443. The van der Waals surface area contributed by atoms with Crippen LogP contribution in [0.4, 0.5) is 0 Å². The van der Waals surface area contributed by atoms with Crippen molar-refractivity contribution in [2.24, 2.45) is 0 Å². The predicted molar refractivity (Wildman–Crippen MR) is 70.1 cm³/mol. The number of hydrogen-bond acceptors (Lipinski definition) is 4. The molecule has 0 aliphatic carbocycles. The van der Waals surface area contributed by atoms with Crippen molar-refractivity contribution in [1.82, 2.24) is 0 Å². The van der Waals surface area contributed by atoms with Gasteiger partial charge in [0.1, 0.15) is 6.54 Å². The molecule has 0 atom stereocenters. The Kier molecular flexibility index (Phi) is 14.0. The molecule has 0 fully saturated rings. The number of quaternary nitrogens is 1. The van der Waals surface area contributed by atoms with Crippen LogP contribution in [-0.2, 0) is 14.3 Å². The minimum absolute atomic E-state index is 0.319. The second-order valence-corrected chi connectivity index (χ2v) is 4.74. The Balaban J connectivity index is 0. The van der Waals surface area contributed by atoms with Crippen LogP contribution in [0, 0.1) is 0 Å². The first-order valence-electron chi connectivity index (χ1n) is 6.48. The van der Waals surface area contributed by atoms with Crippen LogP contribution >= 0.6 is 0 Å². The zero-order valence-corrected chi connectivity index (χ0v) is 12.5. The van der Waals surface area contributed by atoms with E-state index in [0.29, 0.717) is 0 Å². The van der Waals surface area contributed by atoms with Gasteiger partial charge in [-0.05, 0) is 13.3 Å². The number of carbonyl (C=O) groups excluding carboxylic acids is 1. The first-order valence-corrected chi connectivity index (χ1v) is 6.48. The second kappa shape index (κ2) is 12.8. The summed E-state index contributed by atoms with van der Waals surface area (Å²) in [6.07, 6.45) is 2.61. The van der Waals surface area contributed by atoms with E-state index in [-0.39, 0.29) is 6.61 Å². The van der Waals surface area contributed by atoms with E-state index in [1.54, 1.807) is 0 Å². The van der Waals surface area contributed by atoms with Crippen LogP contribution in [0.5, 0.6) is 0 Å². The van der Waals surface area contributed by atoms with E-state index in [1.165, 1.54) is 26.5 Å². The number of carboxylic acid groups (broad SMARTS) is 1. The molecule has 5 heteroatoms. The standard InChI is InChI=1S/C10H24NO.C3H6O3/c1-5-7-8-11(3,4)9-10-12-6-2;1-6-2-3(4)5/h5-10H2,1-4H3;2H2,1H3,(H,4,5)/q+1;/p-1. The molecule has 0 N–H and O–H groups in total. The fraction of sp³-hybridized carbons (Fsp3) is 0.923. The molecular weight excluding hydrogens is 234 g/mol. The Morgan fingerprint density at radius 1 is 1.22 bits per heavy atom. The van der Waals surface area contributed by atoms with Crippen molar-refractivity contribution < 1.29 is 23.9 Å². The largest absolute Gasteiger partial charge is 0.548 e. The van der Waals surface area contributed by atoms with Gasteiger partial charge in [-0.15, -0.1) is 0 Å². The summed E-state index contributed by atoms with van der Waals surface area (Å²) in [7, 11) is 5.85. The number of hydrogen-bond donors (Lipinski definition) is 0. The Hall–Kier alpha value is -0.650. The minimum atomic E-state index is -1.18. The van der Waals surface area contributed by atoms with Gasteiger partial charge in [-0.3, -0.25) is 0 Å². The number of likely N-dealkylation sites (N-methyl/N-ethyl adjacent to an activating group) is 1. The minimum Gasteiger partial charge on any atom is -0.548 e. The number of ether oxygens (including phenoxy) is 2. The van der Waals surface area contributed by atoms with Gasteiger partial charge in [-0.1, -0.05) is 13.3 Å². The number of rotatable bonds is 9. The maximum Gasteiger partial charge on any atom is 0.102 e. The van der Waals surface area contributed by atoms with Crippen molar-refractivity contribution in [3.63, 3.8) is 0 Å². The summed E-state index contributed by atoms with van der Waals surface area (Å²) >= 11 is 0. The summed E-state index contributed by atoms with van der Waals surface area (Å²) in [6.45, 7) is 8.10. The van der Waals surface area contributed by atoms with Crippen LogP contribution in [0.3, 0.4) is 0 Å². The van der Waals surface area contributed by atoms with Crippen LogP contribution in [0.25, 0.3) is 0 Å². The van der Waals surface area contributed by atoms with E-state index in [1.807, 2.05) is 6.92 Å². The van der Waals surface area contributed by atoms with Gasteiger partial charge in [0.05, 0.1) is 39.8 Å². The van der Waals surface area contributed by atoms with E-state index < -0.39 is 5.97 Å². The molecular formula is C13H29NO4. The molecule has 110 valence electrons. The fourth-order valence-electron chi connectivity index (χ4n) is 1.27. The highest BCUT2D eigenvalue weighted by Crippen LogP contribution is 2.00. The maximum absolute atomic E-state index is 9.36. The van der Waals surface area contributed by atoms with Crippen molar-refractivity contribution in [2.45, 2.75) is 26.7 Å². The van der Waals surface area contributed by atoms with Gasteiger partial charge in [0.2, 0.25) is 0 Å². The van der Waals surface area contributed by atoms with E-state index in [4.69, 9.17) is 4.74 Å². The third-order valence-corrected chi connectivity index (χ3v) is 2.42. The van der Waals surface area contributed by atoms with Crippen molar-refractivity contribution >= 4 is 5.97 Å². The van der Waals surface area contributed by atoms with Crippen molar-refractivity contribution in [3.05, 3.63) is 0 Å². The molecule has 0 spiro atoms. The highest BCUT2D eigenvalue weighted by Gasteiger charge is 2.12. The number of carbonyl (C=O) groups is 1. The predicted octanol–water partition coefficient (Wildman–Crippen LogP) is 0.282. The molecule has 0 aliphatic rings. The second-order valence-electron chi connectivity index (χ2n) is 4.74. The van der Waals surface area contributed by atoms with Crippen LogP contribution in [0.1, 0.15) is 26.7 Å². The Morgan fingerprint density at radius 2 is 1.83 bits per heavy atom. The normalized spacial score (nSPS) is 10.7. The molecule has 0 unspecified atom stereocenters. The van der Waals surface area contributed by atoms with Crippen LogP contribution in [0.15, 0.2) is 0 Å². The van der Waals surface area contributed by atoms with Gasteiger partial charge in [0.25, 0.3) is 0 Å². The molecule has 0 amide bonds. The van der Waals surface area contributed by atoms with Gasteiger partial charge >= 0.3 is 0 Å². The van der Waals surface area contributed by atoms with Gasteiger partial charge < -0.3 is 23.9 Å². The van der Waals surface area contributed by atoms with Crippen LogP contribution in [-0.4, -0.2) is 64.6 Å². The highest BCUT2D eigenvalue weighted by molar-refractivity contribution is 5.65. The van der Waals surface area contributed by atoms with E-state index >= 15 is 0 Å². The number of aliphatic carboxylic acids is 1. The van der Waals surface area contributed by atoms with Crippen LogP contribution in [0.2, 0.25) is 0 Å². The van der Waals surface area contributed by atoms with E-state index in [2.05, 4.69) is 25.8 Å². The lowest BCUT2D eigenvalue weighted by atomic mass is 10.3. The molecule has 0 heterocycles. The zero-order valence-electron chi connectivity index (χ0n) is 12.5. The van der Waals surface area contributed by atoms with Crippen LogP contribution < -0.4 is 5.11 Å². The number of unbranched alkanes of at least 4 members (excludes halogenated alkanes) is 1. The first-order chi connectivity index (χ1) is 8.39. The molecule has 0 radical (unpaired) electrons. The molecule has 0 aromatic heterocycles. The molecule has 18 heavy (non-hydrogen) atoms. The summed E-state index contributed by atoms with van der Waals surface area (Å²) in [6, 6.07) is 0. The summed E-state index contributed by atoms with van der Waals surface area (Å²) < 4.78 is 10.6. The number of carboxylic acids is 1. The van der Waals surface area contributed by atoms with Crippen molar-refractivity contribution in [2.75, 3.05) is 54.1 Å². The molecule has 0 rings (SSSR count). The SMILES string of the molecule is CCCC[N+](C)(C)CCOCC.COCC(=O)[O-]. The average molecular weight is 263 g/mol. The molecule has 0 bridgehead atoms. The smallest absolute Gasteiger partial charge is 0.102 e. The Bertz CT molecular complexity index is 195. The number of methoxy groups -OCH3 is 1. The number of nitrogens with zero attached hydrogens (tertiary/aromatic N) is 1. The van der Waals surface area contributed by atoms with Crippen molar-refractivity contribution in [1.29, 1.82) is 0 Å². The van der Waals surface area contributed by atoms with Gasteiger partial charge in [0.15, 0.2) is 0 Å². The average Bonchev–Trinajstić information content (AvgIpc) is 2.27. The lowest BCUT2D eigenvalue weighted by Crippen LogP contribution is -2.43. The Morgan fingerprint density at radius 3 is 2.17 bits per heavy atom. The van der Waals surface area contributed by atoms with Crippen molar-refractivity contribution in [3.8, 4) is 0 Å². The summed E-state index contributed by atoms with van der Waals surface area (Å²) in [5.74, 6) is -1.18. The molecule has 0 saturated carbocycles. The lowest BCUT2D eigenvalue weighted by Gasteiger charge is -2.29. The highest BCUT2D eigenvalue weighted by atomic mass is 16.5. The fourth-order valence-corrected chi connectivity index (χ4v) is 1.27. The third-order valence-electron chi connectivity index (χ3n) is 2.42. The molecule has 0 saturated heterocycles. The summed E-state index contributed by atoms with van der Waals surface area (Å²) in [5.41, 5.74) is 0. The van der Waals surface area contributed by atoms with Gasteiger partial charge in [-0.25, -0.2) is 0 Å². The molecule has 0 aromatic carbocycles. The van der Waals surface area contributed by atoms with E-state index in [0.717, 1.165) is 24.2 Å². The zero-order chi connectivity index (χ0) is 14.4. The Labute approximate surface area is 111 Å². The molecule has 0 aromatic rings. The molecule has 0 aliphatic heterocycles.